The second-order valence-corrected chi connectivity index (χ2v) is 13.2. The smallest absolute Gasteiger partial charge is 0.235 e. The van der Waals surface area contributed by atoms with E-state index in [0.29, 0.717) is 17.8 Å². The number of nitrogens with zero attached hydrogens (tertiary/aromatic N) is 1. The molecule has 4 rings (SSSR count). The summed E-state index contributed by atoms with van der Waals surface area (Å²) in [5, 5.41) is 26.7. The Labute approximate surface area is 248 Å². The van der Waals surface area contributed by atoms with Crippen LogP contribution in [0.3, 0.4) is 0 Å². The van der Waals surface area contributed by atoms with Crippen molar-refractivity contribution < 1.29 is 15.0 Å². The van der Waals surface area contributed by atoms with Crippen LogP contribution in [0.5, 0.6) is 0 Å². The Hall–Kier alpha value is -1.86. The van der Waals surface area contributed by atoms with Gasteiger partial charge in [0.2, 0.25) is 5.91 Å². The molecule has 0 aromatic rings. The topological polar surface area (TPSA) is 86.8 Å². The van der Waals surface area contributed by atoms with Gasteiger partial charge in [-0.25, -0.2) is 0 Å². The number of carbonyl (C=O) groups excluding carboxylic acids is 1. The van der Waals surface area contributed by atoms with Crippen LogP contribution in [-0.2, 0) is 4.79 Å². The van der Waals surface area contributed by atoms with Gasteiger partial charge in [0.05, 0.1) is 22.4 Å². The maximum atomic E-state index is 12.4. The molecule has 4 aliphatic carbocycles. The van der Waals surface area contributed by atoms with Crippen LogP contribution >= 0.6 is 11.9 Å². The fourth-order valence-corrected chi connectivity index (χ4v) is 6.19. The summed E-state index contributed by atoms with van der Waals surface area (Å²) in [5.41, 5.74) is 3.90. The van der Waals surface area contributed by atoms with Crippen LogP contribution in [0, 0.1) is 23.2 Å². The SMILES string of the molecule is CC.CC(C)C1CCC2=C(C=CC(C)(C(=O)N(C)C)C=C2)C1O.CCC1CCC2=C(C=CC(C)(SN)C=C2)C1O. The Bertz CT molecular complexity index is 1070. The van der Waals surface area contributed by atoms with E-state index in [2.05, 4.69) is 52.0 Å². The highest BCUT2D eigenvalue weighted by atomic mass is 32.2. The van der Waals surface area contributed by atoms with Crippen molar-refractivity contribution in [3.63, 3.8) is 0 Å². The fourth-order valence-electron chi connectivity index (χ4n) is 5.90. The molecule has 0 aromatic carbocycles. The molecule has 1 amide bonds. The monoisotopic (exact) mass is 570 g/mol. The van der Waals surface area contributed by atoms with E-state index in [1.807, 2.05) is 45.1 Å². The second kappa shape index (κ2) is 14.9. The molecule has 5 nitrogen and oxygen atoms in total. The number of amides is 1. The molecule has 6 atom stereocenters. The lowest BCUT2D eigenvalue weighted by Gasteiger charge is -2.32. The van der Waals surface area contributed by atoms with E-state index < -0.39 is 11.5 Å². The molecule has 0 fully saturated rings. The normalized spacial score (nSPS) is 32.7. The van der Waals surface area contributed by atoms with E-state index in [1.165, 1.54) is 23.1 Å². The third-order valence-electron chi connectivity index (χ3n) is 8.71. The lowest BCUT2D eigenvalue weighted by atomic mass is 9.76. The molecule has 6 heteroatoms. The zero-order valence-electron chi connectivity index (χ0n) is 26.3. The predicted molar refractivity (Wildman–Crippen MR) is 172 cm³/mol. The van der Waals surface area contributed by atoms with Crippen molar-refractivity contribution in [3.8, 4) is 0 Å². The molecule has 0 saturated carbocycles. The molecule has 6 unspecified atom stereocenters. The summed E-state index contributed by atoms with van der Waals surface area (Å²) < 4.78 is -0.154. The number of aliphatic hydroxyl groups is 2. The van der Waals surface area contributed by atoms with Crippen molar-refractivity contribution in [1.29, 1.82) is 0 Å². The van der Waals surface area contributed by atoms with E-state index >= 15 is 0 Å². The third-order valence-corrected chi connectivity index (χ3v) is 9.49. The summed E-state index contributed by atoms with van der Waals surface area (Å²) in [4.78, 5) is 14.0. The van der Waals surface area contributed by atoms with Gasteiger partial charge in [-0.05, 0) is 79.6 Å². The lowest BCUT2D eigenvalue weighted by Crippen LogP contribution is -2.35. The Morgan fingerprint density at radius 3 is 2.00 bits per heavy atom. The zero-order valence-corrected chi connectivity index (χ0v) is 27.1. The highest BCUT2D eigenvalue weighted by molar-refractivity contribution is 7.98. The maximum Gasteiger partial charge on any atom is 0.235 e. The van der Waals surface area contributed by atoms with E-state index in [1.54, 1.807) is 19.0 Å². The first-order valence-electron chi connectivity index (χ1n) is 15.0. The molecule has 0 bridgehead atoms. The number of nitrogens with two attached hydrogens (primary N) is 1. The summed E-state index contributed by atoms with van der Waals surface area (Å²) in [6.45, 7) is 14.5. The van der Waals surface area contributed by atoms with Gasteiger partial charge >= 0.3 is 0 Å². The number of aliphatic hydroxyl groups excluding tert-OH is 2. The first kappa shape index (κ1) is 34.3. The molecule has 0 radical (unpaired) electrons. The van der Waals surface area contributed by atoms with Gasteiger partial charge in [-0.3, -0.25) is 9.93 Å². The predicted octanol–water partition coefficient (Wildman–Crippen LogP) is 6.91. The van der Waals surface area contributed by atoms with Crippen molar-refractivity contribution in [2.45, 2.75) is 97.5 Å². The molecular weight excluding hydrogens is 516 g/mol. The van der Waals surface area contributed by atoms with Gasteiger partial charge in [0.1, 0.15) is 0 Å². The molecule has 0 saturated heterocycles. The van der Waals surface area contributed by atoms with Gasteiger partial charge in [0, 0.05) is 14.1 Å². The van der Waals surface area contributed by atoms with Crippen LogP contribution in [0.15, 0.2) is 70.9 Å². The molecule has 0 aliphatic heterocycles. The molecule has 224 valence electrons. The first-order valence-corrected chi connectivity index (χ1v) is 15.9. The van der Waals surface area contributed by atoms with E-state index in [0.717, 1.165) is 43.3 Å². The number of rotatable bonds is 4. The number of hydrogen-bond acceptors (Lipinski definition) is 5. The Kier molecular flexibility index (Phi) is 12.8. The summed E-state index contributed by atoms with van der Waals surface area (Å²) >= 11 is 1.33. The quantitative estimate of drug-likeness (QED) is 0.320. The summed E-state index contributed by atoms with van der Waals surface area (Å²) in [7, 11) is 3.55. The van der Waals surface area contributed by atoms with Gasteiger partial charge in [0.15, 0.2) is 0 Å². The minimum Gasteiger partial charge on any atom is -0.388 e. The van der Waals surface area contributed by atoms with Crippen LogP contribution in [0.25, 0.3) is 0 Å². The standard InChI is InChI=1S/C18H27NO2.C14H21NOS.C2H6/c1-12(2)14-7-6-13-8-10-18(3,17(21)19(4)5)11-9-15(13)16(14)20;1-3-10-4-5-11-6-8-14(2,17-15)9-7-12(11)13(10)16;1-2/h8-12,14,16,20H,6-7H2,1-5H3;6-10,13,16H,3-5,15H2,1-2H3;1-2H3. The molecule has 4 N–H and O–H groups in total. The molecule has 4 aliphatic rings. The van der Waals surface area contributed by atoms with E-state index in [-0.39, 0.29) is 16.8 Å². The molecule has 0 aromatic heterocycles. The van der Waals surface area contributed by atoms with Crippen LogP contribution in [0.1, 0.15) is 80.6 Å². The fraction of sp³-hybridized carbons (Fsp3) is 0.618. The summed E-state index contributed by atoms with van der Waals surface area (Å²) in [5.74, 6) is 1.23. The minimum atomic E-state index is -0.631. The Morgan fingerprint density at radius 2 is 1.45 bits per heavy atom. The van der Waals surface area contributed by atoms with Gasteiger partial charge in [0.25, 0.3) is 0 Å². The average Bonchev–Trinajstić information content (AvgIpc) is 3.23. The van der Waals surface area contributed by atoms with Gasteiger partial charge in [-0.1, -0.05) is 102 Å². The Morgan fingerprint density at radius 1 is 0.950 bits per heavy atom. The van der Waals surface area contributed by atoms with Crippen molar-refractivity contribution in [2.24, 2.45) is 28.3 Å². The van der Waals surface area contributed by atoms with Crippen molar-refractivity contribution >= 4 is 17.9 Å². The van der Waals surface area contributed by atoms with Crippen molar-refractivity contribution in [1.82, 2.24) is 4.90 Å². The van der Waals surface area contributed by atoms with Crippen molar-refractivity contribution in [3.05, 3.63) is 70.9 Å². The average molecular weight is 571 g/mol. The van der Waals surface area contributed by atoms with Gasteiger partial charge in [-0.15, -0.1) is 0 Å². The molecule has 0 heterocycles. The summed E-state index contributed by atoms with van der Waals surface area (Å²) in [6, 6.07) is 0. The largest absolute Gasteiger partial charge is 0.388 e. The maximum absolute atomic E-state index is 12.4. The molecule has 0 spiro atoms. The van der Waals surface area contributed by atoms with Crippen molar-refractivity contribution in [2.75, 3.05) is 14.1 Å². The zero-order chi connectivity index (χ0) is 30.3. The molecule has 40 heavy (non-hydrogen) atoms. The van der Waals surface area contributed by atoms with Crippen LogP contribution in [0.4, 0.5) is 0 Å². The number of allylic oxidation sites excluding steroid dienone is 4. The van der Waals surface area contributed by atoms with Crippen LogP contribution in [0.2, 0.25) is 0 Å². The Balaban J connectivity index is 0.000000269. The van der Waals surface area contributed by atoms with E-state index in [4.69, 9.17) is 5.14 Å². The lowest BCUT2D eigenvalue weighted by molar-refractivity contribution is -0.133. The van der Waals surface area contributed by atoms with Crippen LogP contribution < -0.4 is 5.14 Å². The number of carbonyl (C=O) groups is 1. The van der Waals surface area contributed by atoms with E-state index in [9.17, 15) is 15.0 Å². The van der Waals surface area contributed by atoms with Gasteiger partial charge in [-0.2, -0.15) is 0 Å². The second-order valence-electron chi connectivity index (χ2n) is 12.1. The minimum absolute atomic E-state index is 0.0600. The van der Waals surface area contributed by atoms with Gasteiger partial charge < -0.3 is 15.1 Å². The summed E-state index contributed by atoms with van der Waals surface area (Å²) in [6.07, 6.45) is 20.8. The third kappa shape index (κ3) is 7.90. The number of hydrogen-bond donors (Lipinski definition) is 3. The highest BCUT2D eigenvalue weighted by Crippen LogP contribution is 2.39. The first-order chi connectivity index (χ1) is 18.9. The highest BCUT2D eigenvalue weighted by Gasteiger charge is 2.35. The van der Waals surface area contributed by atoms with Crippen LogP contribution in [-0.4, -0.2) is 52.1 Å². The molecular formula is C34H54N2O3S.